The Morgan fingerprint density at radius 2 is 1.76 bits per heavy atom. The number of hydrogen-bond acceptors (Lipinski definition) is 5. The van der Waals surface area contributed by atoms with Crippen molar-refractivity contribution >= 4 is 23.3 Å². The molecule has 25 heavy (non-hydrogen) atoms. The molecule has 0 N–H and O–H groups in total. The third-order valence-corrected chi connectivity index (χ3v) is 3.69. The van der Waals surface area contributed by atoms with Crippen LogP contribution in [0.5, 0.6) is 0 Å². The van der Waals surface area contributed by atoms with Gasteiger partial charge in [0.25, 0.3) is 11.7 Å². The Morgan fingerprint density at radius 3 is 2.40 bits per heavy atom. The third kappa shape index (κ3) is 3.42. The Morgan fingerprint density at radius 1 is 1.08 bits per heavy atom. The van der Waals surface area contributed by atoms with Crippen molar-refractivity contribution in [2.24, 2.45) is 0 Å². The summed E-state index contributed by atoms with van der Waals surface area (Å²) < 4.78 is 5.24. The third-order valence-electron chi connectivity index (χ3n) is 3.69. The molecule has 0 aliphatic carbocycles. The molecule has 2 aromatic rings. The van der Waals surface area contributed by atoms with Gasteiger partial charge in [-0.15, -0.1) is 0 Å². The Labute approximate surface area is 145 Å². The van der Waals surface area contributed by atoms with E-state index in [2.05, 4.69) is 4.98 Å². The van der Waals surface area contributed by atoms with Crippen LogP contribution in [0.25, 0.3) is 11.1 Å². The number of benzene rings is 1. The van der Waals surface area contributed by atoms with Crippen LogP contribution in [0.4, 0.5) is 5.69 Å². The molecule has 0 fully saturated rings. The van der Waals surface area contributed by atoms with E-state index in [0.717, 1.165) is 11.1 Å². The molecule has 0 spiro atoms. The maximum Gasteiger partial charge on any atom is 0.326 e. The first-order valence-electron chi connectivity index (χ1n) is 7.89. The van der Waals surface area contributed by atoms with E-state index < -0.39 is 23.3 Å². The minimum atomic E-state index is -0.715. The van der Waals surface area contributed by atoms with Gasteiger partial charge in [-0.05, 0) is 56.2 Å². The second kappa shape index (κ2) is 6.12. The lowest BCUT2D eigenvalue weighted by Gasteiger charge is -2.22. The molecular formula is C19H18N2O4. The van der Waals surface area contributed by atoms with E-state index in [9.17, 15) is 14.4 Å². The van der Waals surface area contributed by atoms with Crippen LogP contribution in [-0.2, 0) is 14.3 Å². The molecule has 1 amide bonds. The van der Waals surface area contributed by atoms with Crippen LogP contribution >= 0.6 is 0 Å². The van der Waals surface area contributed by atoms with Gasteiger partial charge in [0.2, 0.25) is 0 Å². The molecule has 1 aliphatic heterocycles. The van der Waals surface area contributed by atoms with Crippen LogP contribution in [0, 0.1) is 0 Å². The number of carbonyl (C=O) groups excluding carboxylic acids is 3. The maximum absolute atomic E-state index is 12.3. The summed E-state index contributed by atoms with van der Waals surface area (Å²) in [7, 11) is 0. The molecule has 6 nitrogen and oxygen atoms in total. The van der Waals surface area contributed by atoms with Crippen LogP contribution in [0.2, 0.25) is 0 Å². The SMILES string of the molecule is CC(C)(C)OC(=O)CN1C(=O)C(=O)c2cc(-c3ccncc3)ccc21. The van der Waals surface area contributed by atoms with Crippen molar-refractivity contribution in [1.29, 1.82) is 0 Å². The van der Waals surface area contributed by atoms with Crippen molar-refractivity contribution in [3.63, 3.8) is 0 Å². The smallest absolute Gasteiger partial charge is 0.326 e. The van der Waals surface area contributed by atoms with Gasteiger partial charge in [0.1, 0.15) is 12.1 Å². The molecule has 0 bridgehead atoms. The molecule has 1 aromatic heterocycles. The number of esters is 1. The zero-order chi connectivity index (χ0) is 18.2. The molecule has 6 heteroatoms. The Hall–Kier alpha value is -3.02. The largest absolute Gasteiger partial charge is 0.459 e. The molecule has 0 saturated carbocycles. The fraction of sp³-hybridized carbons (Fsp3) is 0.263. The average Bonchev–Trinajstić information content (AvgIpc) is 2.79. The van der Waals surface area contributed by atoms with E-state index in [1.54, 1.807) is 45.3 Å². The van der Waals surface area contributed by atoms with E-state index in [4.69, 9.17) is 4.74 Å². The van der Waals surface area contributed by atoms with Gasteiger partial charge in [-0.1, -0.05) is 6.07 Å². The van der Waals surface area contributed by atoms with Gasteiger partial charge < -0.3 is 4.74 Å². The van der Waals surface area contributed by atoms with Crippen molar-refractivity contribution in [3.8, 4) is 11.1 Å². The minimum Gasteiger partial charge on any atom is -0.459 e. The lowest BCUT2D eigenvalue weighted by atomic mass is 10.0. The topological polar surface area (TPSA) is 76.6 Å². The van der Waals surface area contributed by atoms with E-state index in [1.807, 2.05) is 18.2 Å². The predicted octanol–water partition coefficient (Wildman–Crippen LogP) is 2.62. The number of amides is 1. The van der Waals surface area contributed by atoms with Gasteiger partial charge in [0.05, 0.1) is 11.3 Å². The molecule has 0 atom stereocenters. The second-order valence-corrected chi connectivity index (χ2v) is 6.77. The van der Waals surface area contributed by atoms with Crippen molar-refractivity contribution in [3.05, 3.63) is 48.3 Å². The number of pyridine rings is 1. The number of ether oxygens (including phenoxy) is 1. The summed E-state index contributed by atoms with van der Waals surface area (Å²) in [6.45, 7) is 4.95. The number of nitrogens with zero attached hydrogens (tertiary/aromatic N) is 2. The molecule has 1 aromatic carbocycles. The summed E-state index contributed by atoms with van der Waals surface area (Å²) in [6.07, 6.45) is 3.31. The second-order valence-electron chi connectivity index (χ2n) is 6.77. The number of aromatic nitrogens is 1. The lowest BCUT2D eigenvalue weighted by Crippen LogP contribution is -2.38. The molecule has 3 rings (SSSR count). The summed E-state index contributed by atoms with van der Waals surface area (Å²) in [6, 6.07) is 8.79. The highest BCUT2D eigenvalue weighted by molar-refractivity contribution is 6.52. The molecule has 128 valence electrons. The average molecular weight is 338 g/mol. The first-order chi connectivity index (χ1) is 11.8. The van der Waals surface area contributed by atoms with Crippen LogP contribution < -0.4 is 4.90 Å². The van der Waals surface area contributed by atoms with Crippen molar-refractivity contribution in [2.75, 3.05) is 11.4 Å². The Balaban J connectivity index is 1.90. The minimum absolute atomic E-state index is 0.288. The first kappa shape index (κ1) is 16.8. The van der Waals surface area contributed by atoms with Gasteiger partial charge >= 0.3 is 5.97 Å². The molecule has 1 aliphatic rings. The lowest BCUT2D eigenvalue weighted by molar-refractivity contribution is -0.153. The standard InChI is InChI=1S/C19H18N2O4/c1-19(2,3)25-16(22)11-21-15-5-4-13(12-6-8-20-9-7-12)10-14(15)17(23)18(21)24/h4-10H,11H2,1-3H3. The highest BCUT2D eigenvalue weighted by Gasteiger charge is 2.37. The van der Waals surface area contributed by atoms with Gasteiger partial charge in [-0.25, -0.2) is 0 Å². The van der Waals surface area contributed by atoms with Crippen LogP contribution in [-0.4, -0.2) is 34.8 Å². The van der Waals surface area contributed by atoms with E-state index in [-0.39, 0.29) is 6.54 Å². The Kier molecular flexibility index (Phi) is 4.12. The van der Waals surface area contributed by atoms with Gasteiger partial charge in [0, 0.05) is 12.4 Å². The zero-order valence-corrected chi connectivity index (χ0v) is 14.3. The molecule has 0 radical (unpaired) electrons. The normalized spacial score (nSPS) is 13.8. The number of anilines is 1. The van der Waals surface area contributed by atoms with Gasteiger partial charge in [-0.2, -0.15) is 0 Å². The monoisotopic (exact) mass is 338 g/mol. The van der Waals surface area contributed by atoms with Crippen molar-refractivity contribution in [2.45, 2.75) is 26.4 Å². The molecule has 0 saturated heterocycles. The zero-order valence-electron chi connectivity index (χ0n) is 14.3. The van der Waals surface area contributed by atoms with E-state index in [0.29, 0.717) is 11.3 Å². The number of Topliss-reactive ketones (excluding diaryl/α,β-unsaturated/α-hetero) is 1. The van der Waals surface area contributed by atoms with E-state index >= 15 is 0 Å². The quantitative estimate of drug-likeness (QED) is 0.635. The summed E-state index contributed by atoms with van der Waals surface area (Å²) in [5.74, 6) is -1.89. The van der Waals surface area contributed by atoms with Crippen molar-refractivity contribution in [1.82, 2.24) is 4.98 Å². The molecule has 0 unspecified atom stereocenters. The van der Waals surface area contributed by atoms with Gasteiger partial charge in [0.15, 0.2) is 0 Å². The highest BCUT2D eigenvalue weighted by Crippen LogP contribution is 2.33. The van der Waals surface area contributed by atoms with Crippen molar-refractivity contribution < 1.29 is 19.1 Å². The fourth-order valence-electron chi connectivity index (χ4n) is 2.68. The summed E-state index contributed by atoms with van der Waals surface area (Å²) >= 11 is 0. The number of carbonyl (C=O) groups is 3. The summed E-state index contributed by atoms with van der Waals surface area (Å²) in [5.41, 5.74) is 1.77. The van der Waals surface area contributed by atoms with E-state index in [1.165, 1.54) is 4.90 Å². The number of ketones is 1. The summed E-state index contributed by atoms with van der Waals surface area (Å²) in [4.78, 5) is 41.7. The number of fused-ring (bicyclic) bond motifs is 1. The summed E-state index contributed by atoms with van der Waals surface area (Å²) in [5, 5.41) is 0. The fourth-order valence-corrected chi connectivity index (χ4v) is 2.68. The maximum atomic E-state index is 12.3. The van der Waals surface area contributed by atoms with Gasteiger partial charge in [-0.3, -0.25) is 24.3 Å². The Bertz CT molecular complexity index is 853. The first-order valence-corrected chi connectivity index (χ1v) is 7.89. The molecular weight excluding hydrogens is 320 g/mol. The molecule has 2 heterocycles. The van der Waals surface area contributed by atoms with Crippen LogP contribution in [0.1, 0.15) is 31.1 Å². The number of rotatable bonds is 3. The van der Waals surface area contributed by atoms with Crippen LogP contribution in [0.3, 0.4) is 0 Å². The predicted molar refractivity (Wildman–Crippen MR) is 92.2 cm³/mol. The number of hydrogen-bond donors (Lipinski definition) is 0. The highest BCUT2D eigenvalue weighted by atomic mass is 16.6. The van der Waals surface area contributed by atoms with Crippen LogP contribution in [0.15, 0.2) is 42.7 Å².